The van der Waals surface area contributed by atoms with E-state index in [1.54, 1.807) is 13.0 Å². The number of nitrogens with zero attached hydrogens (tertiary/aromatic N) is 2. The first-order chi connectivity index (χ1) is 8.56. The van der Waals surface area contributed by atoms with Gasteiger partial charge in [0, 0.05) is 43.9 Å². The SMILES string of the molecule is Cc1ccc(CN2CCN[C@@H](C)C2)cc1[N+](=O)[O-]. The van der Waals surface area contributed by atoms with E-state index in [0.717, 1.165) is 37.3 Å². The molecule has 1 N–H and O–H groups in total. The van der Waals surface area contributed by atoms with E-state index in [9.17, 15) is 10.1 Å². The van der Waals surface area contributed by atoms with Crippen LogP contribution in [0.15, 0.2) is 18.2 Å². The van der Waals surface area contributed by atoms with Crippen LogP contribution in [0.5, 0.6) is 0 Å². The van der Waals surface area contributed by atoms with Gasteiger partial charge in [0.05, 0.1) is 4.92 Å². The van der Waals surface area contributed by atoms with Crippen molar-refractivity contribution in [3.05, 3.63) is 39.4 Å². The topological polar surface area (TPSA) is 58.4 Å². The first-order valence-corrected chi connectivity index (χ1v) is 6.26. The van der Waals surface area contributed by atoms with Gasteiger partial charge in [-0.1, -0.05) is 12.1 Å². The smallest absolute Gasteiger partial charge is 0.272 e. The summed E-state index contributed by atoms with van der Waals surface area (Å²) in [5, 5.41) is 14.3. The average Bonchev–Trinajstić information content (AvgIpc) is 2.31. The van der Waals surface area contributed by atoms with Crippen LogP contribution in [0.2, 0.25) is 0 Å². The van der Waals surface area contributed by atoms with Crippen molar-refractivity contribution in [2.45, 2.75) is 26.4 Å². The number of benzene rings is 1. The summed E-state index contributed by atoms with van der Waals surface area (Å²) < 4.78 is 0. The molecule has 0 unspecified atom stereocenters. The Bertz CT molecular complexity index is 448. The van der Waals surface area contributed by atoms with Crippen molar-refractivity contribution in [2.75, 3.05) is 19.6 Å². The molecule has 1 aliphatic heterocycles. The lowest BCUT2D eigenvalue weighted by molar-refractivity contribution is -0.385. The van der Waals surface area contributed by atoms with Gasteiger partial charge < -0.3 is 5.32 Å². The Balaban J connectivity index is 2.09. The summed E-state index contributed by atoms with van der Waals surface area (Å²) in [6.07, 6.45) is 0. The summed E-state index contributed by atoms with van der Waals surface area (Å²) in [5.41, 5.74) is 1.95. The number of hydrogen-bond donors (Lipinski definition) is 1. The Labute approximate surface area is 107 Å². The number of hydrogen-bond acceptors (Lipinski definition) is 4. The number of rotatable bonds is 3. The van der Waals surface area contributed by atoms with Crippen LogP contribution in [0.4, 0.5) is 5.69 Å². The van der Waals surface area contributed by atoms with E-state index >= 15 is 0 Å². The fourth-order valence-electron chi connectivity index (χ4n) is 2.36. The molecule has 1 saturated heterocycles. The lowest BCUT2D eigenvalue weighted by atomic mass is 10.1. The average molecular weight is 249 g/mol. The maximum absolute atomic E-state index is 10.9. The van der Waals surface area contributed by atoms with Gasteiger partial charge in [-0.05, 0) is 19.4 Å². The van der Waals surface area contributed by atoms with E-state index < -0.39 is 0 Å². The minimum Gasteiger partial charge on any atom is -0.312 e. The fourth-order valence-corrected chi connectivity index (χ4v) is 2.36. The summed E-state index contributed by atoms with van der Waals surface area (Å²) in [7, 11) is 0. The maximum Gasteiger partial charge on any atom is 0.272 e. The molecule has 1 aromatic carbocycles. The highest BCUT2D eigenvalue weighted by Crippen LogP contribution is 2.20. The second-order valence-corrected chi connectivity index (χ2v) is 4.97. The van der Waals surface area contributed by atoms with Crippen LogP contribution < -0.4 is 5.32 Å². The van der Waals surface area contributed by atoms with E-state index in [1.165, 1.54) is 0 Å². The van der Waals surface area contributed by atoms with Crippen molar-refractivity contribution in [2.24, 2.45) is 0 Å². The largest absolute Gasteiger partial charge is 0.312 e. The Kier molecular flexibility index (Phi) is 3.93. The molecule has 0 saturated carbocycles. The van der Waals surface area contributed by atoms with Gasteiger partial charge in [-0.15, -0.1) is 0 Å². The Hall–Kier alpha value is -1.46. The normalized spacial score (nSPS) is 20.9. The first kappa shape index (κ1) is 13.0. The molecule has 0 bridgehead atoms. The summed E-state index contributed by atoms with van der Waals surface area (Å²) >= 11 is 0. The molecule has 0 spiro atoms. The number of nitrogens with one attached hydrogen (secondary N) is 1. The van der Waals surface area contributed by atoms with Gasteiger partial charge in [-0.3, -0.25) is 15.0 Å². The van der Waals surface area contributed by atoms with E-state index in [-0.39, 0.29) is 10.6 Å². The van der Waals surface area contributed by atoms with Crippen LogP contribution in [0.3, 0.4) is 0 Å². The molecule has 98 valence electrons. The molecule has 18 heavy (non-hydrogen) atoms. The Morgan fingerprint density at radius 1 is 1.56 bits per heavy atom. The van der Waals surface area contributed by atoms with Gasteiger partial charge in [0.15, 0.2) is 0 Å². The third-order valence-corrected chi connectivity index (χ3v) is 3.33. The van der Waals surface area contributed by atoms with Crippen molar-refractivity contribution < 1.29 is 4.92 Å². The Morgan fingerprint density at radius 2 is 2.33 bits per heavy atom. The maximum atomic E-state index is 10.9. The van der Waals surface area contributed by atoms with Crippen molar-refractivity contribution >= 4 is 5.69 Å². The minimum atomic E-state index is -0.306. The monoisotopic (exact) mass is 249 g/mol. The van der Waals surface area contributed by atoms with E-state index in [0.29, 0.717) is 6.04 Å². The second-order valence-electron chi connectivity index (χ2n) is 4.97. The van der Waals surface area contributed by atoms with Gasteiger partial charge in [0.2, 0.25) is 0 Å². The van der Waals surface area contributed by atoms with Crippen LogP contribution in [0.25, 0.3) is 0 Å². The number of nitro benzene ring substituents is 1. The highest BCUT2D eigenvalue weighted by molar-refractivity contribution is 5.42. The van der Waals surface area contributed by atoms with Gasteiger partial charge in [0.25, 0.3) is 5.69 Å². The quantitative estimate of drug-likeness (QED) is 0.654. The van der Waals surface area contributed by atoms with Gasteiger partial charge in [-0.2, -0.15) is 0 Å². The van der Waals surface area contributed by atoms with Crippen LogP contribution in [-0.4, -0.2) is 35.5 Å². The van der Waals surface area contributed by atoms with E-state index in [4.69, 9.17) is 0 Å². The molecule has 1 fully saturated rings. The minimum absolute atomic E-state index is 0.218. The van der Waals surface area contributed by atoms with E-state index in [1.807, 2.05) is 12.1 Å². The van der Waals surface area contributed by atoms with Crippen molar-refractivity contribution in [1.82, 2.24) is 10.2 Å². The second kappa shape index (κ2) is 5.46. The van der Waals surface area contributed by atoms with Gasteiger partial charge >= 0.3 is 0 Å². The lowest BCUT2D eigenvalue weighted by Gasteiger charge is -2.31. The molecule has 0 amide bonds. The molecule has 0 aliphatic carbocycles. The molecular formula is C13H19N3O2. The van der Waals surface area contributed by atoms with Crippen LogP contribution in [0.1, 0.15) is 18.1 Å². The first-order valence-electron chi connectivity index (χ1n) is 6.26. The molecule has 5 heteroatoms. The zero-order chi connectivity index (χ0) is 13.1. The van der Waals surface area contributed by atoms with Crippen molar-refractivity contribution in [3.63, 3.8) is 0 Å². The van der Waals surface area contributed by atoms with Crippen LogP contribution in [0, 0.1) is 17.0 Å². The Morgan fingerprint density at radius 3 is 3.00 bits per heavy atom. The number of piperazine rings is 1. The molecule has 1 heterocycles. The predicted molar refractivity (Wildman–Crippen MR) is 70.6 cm³/mol. The molecule has 0 aromatic heterocycles. The number of nitro groups is 1. The predicted octanol–water partition coefficient (Wildman–Crippen LogP) is 1.70. The van der Waals surface area contributed by atoms with Crippen LogP contribution >= 0.6 is 0 Å². The highest BCUT2D eigenvalue weighted by Gasteiger charge is 2.17. The van der Waals surface area contributed by atoms with Crippen molar-refractivity contribution in [1.29, 1.82) is 0 Å². The molecule has 5 nitrogen and oxygen atoms in total. The third kappa shape index (κ3) is 3.05. The van der Waals surface area contributed by atoms with Gasteiger partial charge in [0.1, 0.15) is 0 Å². The molecule has 1 aliphatic rings. The zero-order valence-electron chi connectivity index (χ0n) is 10.8. The highest BCUT2D eigenvalue weighted by atomic mass is 16.6. The van der Waals surface area contributed by atoms with Crippen molar-refractivity contribution in [3.8, 4) is 0 Å². The lowest BCUT2D eigenvalue weighted by Crippen LogP contribution is -2.48. The van der Waals surface area contributed by atoms with E-state index in [2.05, 4.69) is 17.1 Å². The molecule has 1 atom stereocenters. The number of aryl methyl sites for hydroxylation is 1. The third-order valence-electron chi connectivity index (χ3n) is 3.33. The van der Waals surface area contributed by atoms with Gasteiger partial charge in [-0.25, -0.2) is 0 Å². The summed E-state index contributed by atoms with van der Waals surface area (Å²) in [4.78, 5) is 12.9. The molecular weight excluding hydrogens is 230 g/mol. The molecule has 2 rings (SSSR count). The summed E-state index contributed by atoms with van der Waals surface area (Å²) in [6, 6.07) is 6.00. The molecule has 0 radical (unpaired) electrons. The molecule has 1 aromatic rings. The summed E-state index contributed by atoms with van der Waals surface area (Å²) in [6.45, 7) is 7.68. The van der Waals surface area contributed by atoms with Crippen LogP contribution in [-0.2, 0) is 6.54 Å². The zero-order valence-corrected chi connectivity index (χ0v) is 10.8. The standard InChI is InChI=1S/C13H19N3O2/c1-10-3-4-12(7-13(10)16(17)18)9-15-6-5-14-11(2)8-15/h3-4,7,11,14H,5-6,8-9H2,1-2H3/t11-/m0/s1. The fraction of sp³-hybridized carbons (Fsp3) is 0.538. The summed E-state index contributed by atoms with van der Waals surface area (Å²) in [5.74, 6) is 0.